The van der Waals surface area contributed by atoms with Gasteiger partial charge in [-0.25, -0.2) is 0 Å². The predicted octanol–water partition coefficient (Wildman–Crippen LogP) is 5.14. The van der Waals surface area contributed by atoms with E-state index in [9.17, 15) is 18.0 Å². The Hall–Kier alpha value is -1.66. The first-order valence-corrected chi connectivity index (χ1v) is 8.15. The zero-order valence-electron chi connectivity index (χ0n) is 11.7. The van der Waals surface area contributed by atoms with E-state index in [1.807, 2.05) is 0 Å². The van der Waals surface area contributed by atoms with E-state index in [4.69, 9.17) is 11.6 Å². The quantitative estimate of drug-likeness (QED) is 0.742. The monoisotopic (exact) mass is 357 g/mol. The van der Waals surface area contributed by atoms with Crippen molar-refractivity contribution in [2.45, 2.75) is 11.6 Å². The molecule has 23 heavy (non-hydrogen) atoms. The summed E-state index contributed by atoms with van der Waals surface area (Å²) in [4.78, 5) is 13.6. The van der Waals surface area contributed by atoms with Crippen molar-refractivity contribution in [3.63, 3.8) is 0 Å². The van der Waals surface area contributed by atoms with Crippen molar-refractivity contribution in [2.75, 3.05) is 10.7 Å². The van der Waals surface area contributed by atoms with E-state index in [0.717, 1.165) is 17.7 Å². The largest absolute Gasteiger partial charge is 0.416 e. The predicted molar refractivity (Wildman–Crippen MR) is 85.6 cm³/mol. The molecule has 7 heteroatoms. The molecule has 0 aliphatic carbocycles. The molecule has 0 N–H and O–H groups in total. The van der Waals surface area contributed by atoms with Gasteiger partial charge in [0.05, 0.1) is 11.3 Å². The Labute approximate surface area is 140 Å². The minimum atomic E-state index is -4.44. The molecule has 3 rings (SSSR count). The van der Waals surface area contributed by atoms with Crippen molar-refractivity contribution in [2.24, 2.45) is 0 Å². The van der Waals surface area contributed by atoms with Gasteiger partial charge in [0.15, 0.2) is 0 Å². The molecule has 120 valence electrons. The summed E-state index contributed by atoms with van der Waals surface area (Å²) in [6, 6.07) is 11.8. The van der Waals surface area contributed by atoms with Crippen LogP contribution in [0, 0.1) is 0 Å². The highest BCUT2D eigenvalue weighted by Gasteiger charge is 2.36. The number of halogens is 4. The summed E-state index contributed by atoms with van der Waals surface area (Å²) in [5.74, 6) is 0.0121. The van der Waals surface area contributed by atoms with Gasteiger partial charge in [0, 0.05) is 10.7 Å². The fourth-order valence-corrected chi connectivity index (χ4v) is 3.71. The Morgan fingerprint density at radius 2 is 1.83 bits per heavy atom. The highest BCUT2D eigenvalue weighted by Crippen LogP contribution is 2.43. The van der Waals surface area contributed by atoms with Gasteiger partial charge in [0.2, 0.25) is 5.91 Å². The molecule has 0 radical (unpaired) electrons. The summed E-state index contributed by atoms with van der Waals surface area (Å²) in [6.07, 6.45) is -4.44. The second-order valence-electron chi connectivity index (χ2n) is 5.03. The first-order chi connectivity index (χ1) is 10.9. The first kappa shape index (κ1) is 16.2. The van der Waals surface area contributed by atoms with E-state index in [1.54, 1.807) is 24.3 Å². The number of amides is 1. The Balaban J connectivity index is 1.99. The Morgan fingerprint density at radius 3 is 2.48 bits per heavy atom. The van der Waals surface area contributed by atoms with Crippen molar-refractivity contribution in [1.29, 1.82) is 0 Å². The number of rotatable bonds is 2. The second kappa shape index (κ2) is 6.09. The third-order valence-electron chi connectivity index (χ3n) is 3.47. The van der Waals surface area contributed by atoms with Crippen LogP contribution < -0.4 is 4.90 Å². The summed E-state index contributed by atoms with van der Waals surface area (Å²) >= 11 is 7.24. The molecule has 2 nitrogen and oxygen atoms in total. The second-order valence-corrected chi connectivity index (χ2v) is 6.53. The van der Waals surface area contributed by atoms with Gasteiger partial charge in [-0.3, -0.25) is 9.69 Å². The maximum atomic E-state index is 12.9. The zero-order chi connectivity index (χ0) is 16.6. The van der Waals surface area contributed by atoms with Gasteiger partial charge < -0.3 is 0 Å². The van der Waals surface area contributed by atoms with Crippen molar-refractivity contribution < 1.29 is 18.0 Å². The molecular formula is C16H11ClF3NOS. The highest BCUT2D eigenvalue weighted by molar-refractivity contribution is 8.00. The van der Waals surface area contributed by atoms with Gasteiger partial charge >= 0.3 is 6.18 Å². The number of alkyl halides is 3. The van der Waals surface area contributed by atoms with Crippen LogP contribution in [-0.2, 0) is 11.0 Å². The summed E-state index contributed by atoms with van der Waals surface area (Å²) < 4.78 is 38.7. The Kier molecular flexibility index (Phi) is 4.29. The molecule has 0 saturated carbocycles. The molecule has 1 aliphatic heterocycles. The minimum absolute atomic E-state index is 0.214. The van der Waals surface area contributed by atoms with Gasteiger partial charge in [0.25, 0.3) is 0 Å². The fraction of sp³-hybridized carbons (Fsp3) is 0.188. The number of nitrogens with zero attached hydrogens (tertiary/aromatic N) is 1. The lowest BCUT2D eigenvalue weighted by Gasteiger charge is -2.25. The maximum absolute atomic E-state index is 12.9. The van der Waals surface area contributed by atoms with Gasteiger partial charge in [0.1, 0.15) is 5.37 Å². The van der Waals surface area contributed by atoms with Crippen LogP contribution in [0.15, 0.2) is 48.5 Å². The summed E-state index contributed by atoms with van der Waals surface area (Å²) in [5.41, 5.74) is 0.298. The average Bonchev–Trinajstić information content (AvgIpc) is 2.89. The molecule has 2 aromatic rings. The van der Waals surface area contributed by atoms with Crippen LogP contribution in [0.25, 0.3) is 0 Å². The van der Waals surface area contributed by atoms with Crippen LogP contribution in [0.1, 0.15) is 16.5 Å². The molecular weight excluding hydrogens is 347 g/mol. The molecule has 0 aromatic heterocycles. The van der Waals surface area contributed by atoms with Gasteiger partial charge in [-0.1, -0.05) is 29.8 Å². The number of carbonyl (C=O) groups is 1. The van der Waals surface area contributed by atoms with E-state index in [2.05, 4.69) is 0 Å². The Bertz CT molecular complexity index is 733. The first-order valence-electron chi connectivity index (χ1n) is 6.72. The number of thioether (sulfide) groups is 1. The van der Waals surface area contributed by atoms with Crippen LogP contribution in [0.5, 0.6) is 0 Å². The zero-order valence-corrected chi connectivity index (χ0v) is 13.3. The summed E-state index contributed by atoms with van der Waals surface area (Å²) in [7, 11) is 0. The van der Waals surface area contributed by atoms with Crippen LogP contribution in [-0.4, -0.2) is 11.7 Å². The highest BCUT2D eigenvalue weighted by atomic mass is 35.5. The van der Waals surface area contributed by atoms with Crippen molar-refractivity contribution in [3.05, 3.63) is 64.7 Å². The maximum Gasteiger partial charge on any atom is 0.416 e. The van der Waals surface area contributed by atoms with E-state index >= 15 is 0 Å². The molecule has 2 aromatic carbocycles. The van der Waals surface area contributed by atoms with Gasteiger partial charge in [-0.15, -0.1) is 11.8 Å². The van der Waals surface area contributed by atoms with Gasteiger partial charge in [-0.2, -0.15) is 13.2 Å². The normalized spacial score (nSPS) is 18.5. The molecule has 0 bridgehead atoms. The molecule has 1 aliphatic rings. The van der Waals surface area contributed by atoms with Crippen molar-refractivity contribution >= 4 is 35.0 Å². The smallest absolute Gasteiger partial charge is 0.295 e. The fourth-order valence-electron chi connectivity index (χ4n) is 2.41. The number of benzene rings is 2. The van der Waals surface area contributed by atoms with Crippen LogP contribution in [0.3, 0.4) is 0 Å². The lowest BCUT2D eigenvalue weighted by molar-refractivity contribution is -0.137. The van der Waals surface area contributed by atoms with Crippen molar-refractivity contribution in [1.82, 2.24) is 0 Å². The van der Waals surface area contributed by atoms with Crippen LogP contribution in [0.4, 0.5) is 18.9 Å². The number of anilines is 1. The average molecular weight is 358 g/mol. The lowest BCUT2D eigenvalue weighted by atomic mass is 10.1. The third-order valence-corrected chi connectivity index (χ3v) is 4.94. The molecule has 1 fully saturated rings. The molecule has 1 atom stereocenters. The van der Waals surface area contributed by atoms with Crippen LogP contribution >= 0.6 is 23.4 Å². The van der Waals surface area contributed by atoms with E-state index in [0.29, 0.717) is 5.02 Å². The molecule has 0 spiro atoms. The van der Waals surface area contributed by atoms with E-state index in [-0.39, 0.29) is 22.7 Å². The number of hydrogen-bond donors (Lipinski definition) is 0. The molecule has 1 heterocycles. The summed E-state index contributed by atoms with van der Waals surface area (Å²) in [6.45, 7) is 0. The van der Waals surface area contributed by atoms with E-state index in [1.165, 1.54) is 28.8 Å². The minimum Gasteiger partial charge on any atom is -0.295 e. The van der Waals surface area contributed by atoms with Crippen molar-refractivity contribution in [3.8, 4) is 0 Å². The summed E-state index contributed by atoms with van der Waals surface area (Å²) in [5, 5.41) is 0.206. The molecule has 1 amide bonds. The lowest BCUT2D eigenvalue weighted by Crippen LogP contribution is -2.28. The molecule has 0 unspecified atom stereocenters. The number of hydrogen-bond acceptors (Lipinski definition) is 2. The standard InChI is InChI=1S/C16H11ClF3NOS/c17-12-6-4-10(5-7-12)15-21(14(22)9-23-15)13-3-1-2-11(8-13)16(18,19)20/h1-8,15H,9H2/t15-/m1/s1. The topological polar surface area (TPSA) is 20.3 Å². The SMILES string of the molecule is O=C1CS[C@H](c2ccc(Cl)cc2)N1c1cccc(C(F)(F)F)c1. The van der Waals surface area contributed by atoms with Gasteiger partial charge in [-0.05, 0) is 35.9 Å². The molecule has 1 saturated heterocycles. The van der Waals surface area contributed by atoms with E-state index < -0.39 is 11.7 Å². The number of carbonyl (C=O) groups excluding carboxylic acids is 1. The van der Waals surface area contributed by atoms with Crippen LogP contribution in [0.2, 0.25) is 5.02 Å². The third kappa shape index (κ3) is 3.33. The Morgan fingerprint density at radius 1 is 1.13 bits per heavy atom.